The van der Waals surface area contributed by atoms with Crippen molar-refractivity contribution in [3.63, 3.8) is 0 Å². The van der Waals surface area contributed by atoms with E-state index in [-0.39, 0.29) is 17.8 Å². The van der Waals surface area contributed by atoms with Crippen molar-refractivity contribution in [2.24, 2.45) is 23.5 Å². The Balaban J connectivity index is 1.44. The van der Waals surface area contributed by atoms with Crippen molar-refractivity contribution in [3.8, 4) is 0 Å². The van der Waals surface area contributed by atoms with Crippen molar-refractivity contribution >= 4 is 5.91 Å². The van der Waals surface area contributed by atoms with Crippen LogP contribution in [-0.2, 0) is 4.79 Å². The number of hydrogen-bond donors (Lipinski definition) is 1. The quantitative estimate of drug-likeness (QED) is 0.889. The summed E-state index contributed by atoms with van der Waals surface area (Å²) in [5.74, 6) is 1.68. The Labute approximate surface area is 149 Å². The lowest BCUT2D eigenvalue weighted by molar-refractivity contribution is -0.139. The van der Waals surface area contributed by atoms with Gasteiger partial charge >= 0.3 is 0 Å². The van der Waals surface area contributed by atoms with Crippen molar-refractivity contribution in [1.29, 1.82) is 0 Å². The van der Waals surface area contributed by atoms with Crippen LogP contribution in [0.5, 0.6) is 0 Å². The van der Waals surface area contributed by atoms with Crippen LogP contribution in [0, 0.1) is 23.6 Å². The van der Waals surface area contributed by atoms with Crippen molar-refractivity contribution in [2.45, 2.75) is 63.5 Å². The number of hydrogen-bond acceptors (Lipinski definition) is 2. The van der Waals surface area contributed by atoms with Gasteiger partial charge in [0, 0.05) is 30.5 Å². The molecule has 0 aromatic heterocycles. The summed E-state index contributed by atoms with van der Waals surface area (Å²) in [7, 11) is 0. The van der Waals surface area contributed by atoms with Crippen LogP contribution in [0.4, 0.5) is 4.39 Å². The molecule has 1 aromatic carbocycles. The second kappa shape index (κ2) is 6.71. The van der Waals surface area contributed by atoms with Crippen LogP contribution in [0.2, 0.25) is 0 Å². The van der Waals surface area contributed by atoms with Gasteiger partial charge < -0.3 is 10.6 Å². The molecule has 4 atom stereocenters. The summed E-state index contributed by atoms with van der Waals surface area (Å²) in [6.07, 6.45) is 6.57. The highest BCUT2D eigenvalue weighted by Crippen LogP contribution is 2.43. The van der Waals surface area contributed by atoms with Crippen LogP contribution in [-0.4, -0.2) is 29.4 Å². The van der Waals surface area contributed by atoms with E-state index in [4.69, 9.17) is 5.73 Å². The number of halogens is 1. The van der Waals surface area contributed by atoms with Gasteiger partial charge in [0.15, 0.2) is 0 Å². The topological polar surface area (TPSA) is 46.3 Å². The molecule has 1 aromatic rings. The second-order valence-corrected chi connectivity index (χ2v) is 8.52. The van der Waals surface area contributed by atoms with Gasteiger partial charge in [-0.15, -0.1) is 0 Å². The molecule has 1 saturated heterocycles. The minimum absolute atomic E-state index is 0.157. The Hall–Kier alpha value is -1.42. The molecule has 0 spiro atoms. The Bertz CT molecular complexity index is 617. The van der Waals surface area contributed by atoms with Crippen LogP contribution >= 0.6 is 0 Å². The van der Waals surface area contributed by atoms with E-state index < -0.39 is 0 Å². The highest BCUT2D eigenvalue weighted by atomic mass is 19.1. The molecular formula is C21H29FN2O. The SMILES string of the molecule is CC1CC(c2ccc(F)cc2)CN1C(=O)C1CC2CCCC(C1)C2N. The van der Waals surface area contributed by atoms with E-state index in [9.17, 15) is 9.18 Å². The number of likely N-dealkylation sites (tertiary alicyclic amines) is 1. The Kier molecular flexibility index (Phi) is 4.57. The summed E-state index contributed by atoms with van der Waals surface area (Å²) in [6.45, 7) is 2.92. The number of benzene rings is 1. The van der Waals surface area contributed by atoms with E-state index in [1.165, 1.54) is 31.4 Å². The van der Waals surface area contributed by atoms with E-state index in [1.807, 2.05) is 12.1 Å². The van der Waals surface area contributed by atoms with Crippen molar-refractivity contribution in [1.82, 2.24) is 4.90 Å². The highest BCUT2D eigenvalue weighted by molar-refractivity contribution is 5.80. The van der Waals surface area contributed by atoms with Crippen molar-refractivity contribution in [3.05, 3.63) is 35.6 Å². The van der Waals surface area contributed by atoms with Gasteiger partial charge in [-0.1, -0.05) is 18.6 Å². The van der Waals surface area contributed by atoms with E-state index in [0.29, 0.717) is 29.7 Å². The molecule has 3 fully saturated rings. The number of amides is 1. The molecule has 3 nitrogen and oxygen atoms in total. The molecule has 4 unspecified atom stereocenters. The summed E-state index contributed by atoms with van der Waals surface area (Å²) in [5.41, 5.74) is 7.53. The summed E-state index contributed by atoms with van der Waals surface area (Å²) in [5, 5.41) is 0. The van der Waals surface area contributed by atoms with Gasteiger partial charge in [0.25, 0.3) is 0 Å². The smallest absolute Gasteiger partial charge is 0.225 e. The van der Waals surface area contributed by atoms with Crippen molar-refractivity contribution < 1.29 is 9.18 Å². The monoisotopic (exact) mass is 344 g/mol. The fraction of sp³-hybridized carbons (Fsp3) is 0.667. The number of rotatable bonds is 2. The van der Waals surface area contributed by atoms with Crippen LogP contribution in [0.25, 0.3) is 0 Å². The molecule has 2 N–H and O–H groups in total. The maximum Gasteiger partial charge on any atom is 0.225 e. The first-order chi connectivity index (χ1) is 12.0. The molecule has 0 radical (unpaired) electrons. The number of carbonyl (C=O) groups excluding carboxylic acids is 1. The Morgan fingerprint density at radius 2 is 1.76 bits per heavy atom. The van der Waals surface area contributed by atoms with Gasteiger partial charge in [0.1, 0.15) is 5.82 Å². The molecular weight excluding hydrogens is 315 g/mol. The van der Waals surface area contributed by atoms with Crippen LogP contribution < -0.4 is 5.73 Å². The molecule has 2 saturated carbocycles. The number of carbonyl (C=O) groups is 1. The third-order valence-corrected chi connectivity index (χ3v) is 6.96. The fourth-order valence-corrected chi connectivity index (χ4v) is 5.54. The molecule has 1 heterocycles. The third kappa shape index (κ3) is 3.21. The van der Waals surface area contributed by atoms with Crippen molar-refractivity contribution in [2.75, 3.05) is 6.54 Å². The van der Waals surface area contributed by atoms with E-state index in [1.54, 1.807) is 0 Å². The largest absolute Gasteiger partial charge is 0.339 e. The fourth-order valence-electron chi connectivity index (χ4n) is 5.54. The van der Waals surface area contributed by atoms with Gasteiger partial charge in [-0.05, 0) is 68.6 Å². The maximum atomic E-state index is 13.2. The number of fused-ring (bicyclic) bond motifs is 2. The molecule has 2 bridgehead atoms. The standard InChI is InChI=1S/C21H29FN2O/c1-13-9-18(14-5-7-19(22)8-6-14)12-24(13)21(25)17-10-15-3-2-4-16(11-17)20(15)23/h5-8,13,15-18,20H,2-4,9-12,23H2,1H3. The lowest BCUT2D eigenvalue weighted by Crippen LogP contribution is -2.50. The zero-order chi connectivity index (χ0) is 17.6. The molecule has 3 aliphatic rings. The molecule has 4 rings (SSSR count). The van der Waals surface area contributed by atoms with Crippen LogP contribution in [0.3, 0.4) is 0 Å². The third-order valence-electron chi connectivity index (χ3n) is 6.96. The van der Waals surface area contributed by atoms with E-state index in [0.717, 1.165) is 31.4 Å². The first-order valence-electron chi connectivity index (χ1n) is 9.84. The zero-order valence-corrected chi connectivity index (χ0v) is 15.0. The highest BCUT2D eigenvalue weighted by Gasteiger charge is 2.43. The average molecular weight is 344 g/mol. The van der Waals surface area contributed by atoms with Gasteiger partial charge in [-0.2, -0.15) is 0 Å². The van der Waals surface area contributed by atoms with Gasteiger partial charge in [0.2, 0.25) is 5.91 Å². The number of nitrogens with two attached hydrogens (primary N) is 1. The lowest BCUT2D eigenvalue weighted by atomic mass is 9.65. The van der Waals surface area contributed by atoms with Crippen LogP contribution in [0.1, 0.15) is 56.9 Å². The van der Waals surface area contributed by atoms with Crippen LogP contribution in [0.15, 0.2) is 24.3 Å². The minimum atomic E-state index is -0.201. The molecule has 2 aliphatic carbocycles. The van der Waals surface area contributed by atoms with Gasteiger partial charge in [-0.25, -0.2) is 4.39 Å². The lowest BCUT2D eigenvalue weighted by Gasteiger charge is -2.44. The van der Waals surface area contributed by atoms with Gasteiger partial charge in [-0.3, -0.25) is 4.79 Å². The first kappa shape index (κ1) is 17.0. The Morgan fingerprint density at radius 1 is 1.12 bits per heavy atom. The minimum Gasteiger partial charge on any atom is -0.339 e. The summed E-state index contributed by atoms with van der Waals surface area (Å²) in [6, 6.07) is 7.34. The molecule has 1 aliphatic heterocycles. The molecule has 136 valence electrons. The summed E-state index contributed by atoms with van der Waals surface area (Å²) in [4.78, 5) is 15.3. The summed E-state index contributed by atoms with van der Waals surface area (Å²) < 4.78 is 13.2. The molecule has 25 heavy (non-hydrogen) atoms. The molecule has 4 heteroatoms. The Morgan fingerprint density at radius 3 is 2.40 bits per heavy atom. The van der Waals surface area contributed by atoms with E-state index in [2.05, 4.69) is 11.8 Å². The summed E-state index contributed by atoms with van der Waals surface area (Å²) >= 11 is 0. The maximum absolute atomic E-state index is 13.2. The predicted molar refractivity (Wildman–Crippen MR) is 96.5 cm³/mol. The average Bonchev–Trinajstić information content (AvgIpc) is 2.96. The zero-order valence-electron chi connectivity index (χ0n) is 15.0. The number of nitrogens with zero attached hydrogens (tertiary/aromatic N) is 1. The second-order valence-electron chi connectivity index (χ2n) is 8.52. The van der Waals surface area contributed by atoms with E-state index >= 15 is 0 Å². The van der Waals surface area contributed by atoms with Gasteiger partial charge in [0.05, 0.1) is 0 Å². The first-order valence-corrected chi connectivity index (χ1v) is 9.84. The normalized spacial score (nSPS) is 38.0. The molecule has 1 amide bonds. The predicted octanol–water partition coefficient (Wildman–Crippen LogP) is 3.68.